The van der Waals surface area contributed by atoms with Crippen molar-refractivity contribution in [2.24, 2.45) is 0 Å². The molecule has 0 aliphatic carbocycles. The van der Waals surface area contributed by atoms with E-state index in [1.165, 1.54) is 10.4 Å². The molecule has 6 nitrogen and oxygen atoms in total. The van der Waals surface area contributed by atoms with Crippen molar-refractivity contribution in [3.8, 4) is 5.69 Å². The molecule has 26 heavy (non-hydrogen) atoms. The molecule has 4 rings (SSSR count). The quantitative estimate of drug-likeness (QED) is 0.753. The van der Waals surface area contributed by atoms with Gasteiger partial charge in [-0.1, -0.05) is 23.4 Å². The van der Waals surface area contributed by atoms with E-state index in [0.29, 0.717) is 6.54 Å². The zero-order valence-electron chi connectivity index (χ0n) is 14.6. The molecule has 3 heterocycles. The zero-order valence-corrected chi connectivity index (χ0v) is 15.4. The fraction of sp³-hybridized carbons (Fsp3) is 0.316. The molecule has 3 aromatic rings. The van der Waals surface area contributed by atoms with Gasteiger partial charge in [0.15, 0.2) is 0 Å². The molecule has 0 fully saturated rings. The molecule has 0 spiro atoms. The van der Waals surface area contributed by atoms with Crippen molar-refractivity contribution in [1.29, 1.82) is 0 Å². The van der Waals surface area contributed by atoms with Gasteiger partial charge >= 0.3 is 0 Å². The molecule has 0 saturated carbocycles. The van der Waals surface area contributed by atoms with Crippen LogP contribution in [-0.2, 0) is 17.8 Å². The SMILES string of the molecule is CC(NC(=O)CN1CCc2sccc2C1)c1cn(-c2ccccc2)nn1. The molecule has 1 amide bonds. The summed E-state index contributed by atoms with van der Waals surface area (Å²) in [5.74, 6) is 0.0189. The first-order valence-electron chi connectivity index (χ1n) is 8.73. The number of hydrogen-bond acceptors (Lipinski definition) is 5. The predicted molar refractivity (Wildman–Crippen MR) is 101 cm³/mol. The number of carbonyl (C=O) groups excluding carboxylic acids is 1. The minimum absolute atomic E-state index is 0.0189. The van der Waals surface area contributed by atoms with Crippen LogP contribution in [0.1, 0.15) is 29.1 Å². The summed E-state index contributed by atoms with van der Waals surface area (Å²) in [5, 5.41) is 13.5. The Kier molecular flexibility index (Phi) is 4.81. The van der Waals surface area contributed by atoms with Gasteiger partial charge in [-0.15, -0.1) is 16.4 Å². The topological polar surface area (TPSA) is 63.1 Å². The summed E-state index contributed by atoms with van der Waals surface area (Å²) >= 11 is 1.81. The van der Waals surface area contributed by atoms with Crippen LogP contribution < -0.4 is 5.32 Å². The molecule has 0 bridgehead atoms. The van der Waals surface area contributed by atoms with Crippen molar-refractivity contribution in [2.45, 2.75) is 25.9 Å². The Hall–Kier alpha value is -2.51. The van der Waals surface area contributed by atoms with Gasteiger partial charge < -0.3 is 5.32 Å². The Morgan fingerprint density at radius 2 is 2.15 bits per heavy atom. The number of fused-ring (bicyclic) bond motifs is 1. The van der Waals surface area contributed by atoms with Crippen LogP contribution >= 0.6 is 11.3 Å². The summed E-state index contributed by atoms with van der Waals surface area (Å²) in [7, 11) is 0. The van der Waals surface area contributed by atoms with E-state index in [-0.39, 0.29) is 11.9 Å². The number of para-hydroxylation sites is 1. The molecule has 1 aliphatic heterocycles. The molecule has 0 saturated heterocycles. The third-order valence-corrected chi connectivity index (χ3v) is 5.63. The second-order valence-corrected chi connectivity index (χ2v) is 7.54. The molecule has 7 heteroatoms. The maximum Gasteiger partial charge on any atom is 0.234 e. The van der Waals surface area contributed by atoms with Gasteiger partial charge in [0, 0.05) is 18.0 Å². The Labute approximate surface area is 156 Å². The zero-order chi connectivity index (χ0) is 17.9. The molecule has 1 aliphatic rings. The van der Waals surface area contributed by atoms with E-state index < -0.39 is 0 Å². The van der Waals surface area contributed by atoms with E-state index in [4.69, 9.17) is 0 Å². The Morgan fingerprint density at radius 1 is 1.31 bits per heavy atom. The fourth-order valence-corrected chi connectivity index (χ4v) is 4.08. The van der Waals surface area contributed by atoms with Gasteiger partial charge in [0.05, 0.1) is 24.5 Å². The van der Waals surface area contributed by atoms with Gasteiger partial charge in [0.1, 0.15) is 5.69 Å². The third-order valence-electron chi connectivity index (χ3n) is 4.61. The van der Waals surface area contributed by atoms with Crippen molar-refractivity contribution in [3.05, 3.63) is 64.1 Å². The third kappa shape index (κ3) is 3.68. The average Bonchev–Trinajstić information content (AvgIpc) is 3.31. The predicted octanol–water partition coefficient (Wildman–Crippen LogP) is 2.56. The molecular formula is C19H21N5OS. The summed E-state index contributed by atoms with van der Waals surface area (Å²) < 4.78 is 1.72. The average molecular weight is 367 g/mol. The van der Waals surface area contributed by atoms with Crippen LogP contribution in [0.5, 0.6) is 0 Å². The van der Waals surface area contributed by atoms with Crippen molar-refractivity contribution in [3.63, 3.8) is 0 Å². The first-order valence-corrected chi connectivity index (χ1v) is 9.61. The van der Waals surface area contributed by atoms with Crippen molar-refractivity contribution in [2.75, 3.05) is 13.1 Å². The summed E-state index contributed by atoms with van der Waals surface area (Å²) in [5.41, 5.74) is 3.05. The lowest BCUT2D eigenvalue weighted by atomic mass is 10.1. The van der Waals surface area contributed by atoms with Crippen LogP contribution in [0, 0.1) is 0 Å². The van der Waals surface area contributed by atoms with E-state index in [1.807, 2.05) is 54.8 Å². The first-order chi connectivity index (χ1) is 12.7. The largest absolute Gasteiger partial charge is 0.347 e. The van der Waals surface area contributed by atoms with Gasteiger partial charge in [0.2, 0.25) is 5.91 Å². The molecule has 1 unspecified atom stereocenters. The number of amides is 1. The van der Waals surface area contributed by atoms with E-state index in [9.17, 15) is 4.79 Å². The van der Waals surface area contributed by atoms with Crippen LogP contribution in [0.25, 0.3) is 5.69 Å². The summed E-state index contributed by atoms with van der Waals surface area (Å²) in [4.78, 5) is 16.1. The number of benzene rings is 1. The maximum absolute atomic E-state index is 12.4. The summed E-state index contributed by atoms with van der Waals surface area (Å²) in [6, 6.07) is 11.8. The molecule has 1 aromatic carbocycles. The highest BCUT2D eigenvalue weighted by molar-refractivity contribution is 7.10. The number of hydrogen-bond donors (Lipinski definition) is 1. The Morgan fingerprint density at radius 3 is 3.00 bits per heavy atom. The number of rotatable bonds is 5. The fourth-order valence-electron chi connectivity index (χ4n) is 3.19. The van der Waals surface area contributed by atoms with Crippen LogP contribution in [0.15, 0.2) is 48.0 Å². The first kappa shape index (κ1) is 16.9. The van der Waals surface area contributed by atoms with E-state index in [0.717, 1.165) is 30.9 Å². The highest BCUT2D eigenvalue weighted by Gasteiger charge is 2.20. The van der Waals surface area contributed by atoms with Crippen LogP contribution in [0.2, 0.25) is 0 Å². The lowest BCUT2D eigenvalue weighted by Crippen LogP contribution is -2.40. The van der Waals surface area contributed by atoms with Crippen LogP contribution in [0.4, 0.5) is 0 Å². The van der Waals surface area contributed by atoms with Crippen LogP contribution in [-0.4, -0.2) is 38.9 Å². The number of thiophene rings is 1. The molecule has 2 aromatic heterocycles. The molecular weight excluding hydrogens is 346 g/mol. The minimum Gasteiger partial charge on any atom is -0.347 e. The molecule has 134 valence electrons. The van der Waals surface area contributed by atoms with Gasteiger partial charge in [-0.25, -0.2) is 4.68 Å². The van der Waals surface area contributed by atoms with Crippen LogP contribution in [0.3, 0.4) is 0 Å². The Balaban J connectivity index is 1.34. The highest BCUT2D eigenvalue weighted by atomic mass is 32.1. The van der Waals surface area contributed by atoms with Gasteiger partial charge in [0.25, 0.3) is 0 Å². The van der Waals surface area contributed by atoms with E-state index >= 15 is 0 Å². The number of carbonyl (C=O) groups is 1. The standard InChI is InChI=1S/C19H21N5OS/c1-14(17-12-24(22-21-17)16-5-3-2-4-6-16)20-19(25)13-23-9-7-18-15(11-23)8-10-26-18/h2-6,8,10,12,14H,7,9,11,13H2,1H3,(H,20,25). The second-order valence-electron chi connectivity index (χ2n) is 6.54. The summed E-state index contributed by atoms with van der Waals surface area (Å²) in [6.45, 7) is 4.13. The van der Waals surface area contributed by atoms with Crippen molar-refractivity contribution >= 4 is 17.2 Å². The van der Waals surface area contributed by atoms with E-state index in [1.54, 1.807) is 4.68 Å². The minimum atomic E-state index is -0.179. The lowest BCUT2D eigenvalue weighted by molar-refractivity contribution is -0.123. The second kappa shape index (κ2) is 7.39. The normalized spacial score (nSPS) is 15.4. The lowest BCUT2D eigenvalue weighted by Gasteiger charge is -2.26. The van der Waals surface area contributed by atoms with Crippen molar-refractivity contribution < 1.29 is 4.79 Å². The van der Waals surface area contributed by atoms with E-state index in [2.05, 4.69) is 32.0 Å². The Bertz CT molecular complexity index is 888. The highest BCUT2D eigenvalue weighted by Crippen LogP contribution is 2.23. The monoisotopic (exact) mass is 367 g/mol. The number of nitrogens with zero attached hydrogens (tertiary/aromatic N) is 4. The summed E-state index contributed by atoms with van der Waals surface area (Å²) in [6.07, 6.45) is 2.89. The van der Waals surface area contributed by atoms with Crippen molar-refractivity contribution in [1.82, 2.24) is 25.2 Å². The smallest absolute Gasteiger partial charge is 0.234 e. The number of nitrogens with one attached hydrogen (secondary N) is 1. The molecule has 0 radical (unpaired) electrons. The van der Waals surface area contributed by atoms with Gasteiger partial charge in [-0.2, -0.15) is 0 Å². The molecule has 1 N–H and O–H groups in total. The molecule has 1 atom stereocenters. The van der Waals surface area contributed by atoms with Gasteiger partial charge in [-0.05, 0) is 42.5 Å². The van der Waals surface area contributed by atoms with Gasteiger partial charge in [-0.3, -0.25) is 9.69 Å². The maximum atomic E-state index is 12.4. The number of aromatic nitrogens is 3.